The smallest absolute Gasteiger partial charge is 0.213 e. The molecular formula is C27H31N5O3. The predicted molar refractivity (Wildman–Crippen MR) is 134 cm³/mol. The molecule has 3 atom stereocenters. The van der Waals surface area contributed by atoms with E-state index < -0.39 is 0 Å². The van der Waals surface area contributed by atoms with Gasteiger partial charge in [0.2, 0.25) is 5.88 Å². The monoisotopic (exact) mass is 473 g/mol. The van der Waals surface area contributed by atoms with Crippen molar-refractivity contribution in [3.63, 3.8) is 0 Å². The van der Waals surface area contributed by atoms with Gasteiger partial charge in [-0.05, 0) is 68.9 Å². The Kier molecular flexibility index (Phi) is 5.11. The van der Waals surface area contributed by atoms with Gasteiger partial charge in [-0.15, -0.1) is 10.2 Å². The van der Waals surface area contributed by atoms with Crippen LogP contribution in [0.15, 0.2) is 42.6 Å². The third kappa shape index (κ3) is 3.95. The molecule has 0 radical (unpaired) electrons. The minimum absolute atomic E-state index is 0.135. The van der Waals surface area contributed by atoms with E-state index >= 15 is 0 Å². The summed E-state index contributed by atoms with van der Waals surface area (Å²) in [5.41, 5.74) is 3.33. The molecule has 1 unspecified atom stereocenters. The number of hydrogen-bond donors (Lipinski definition) is 2. The van der Waals surface area contributed by atoms with Crippen molar-refractivity contribution in [1.29, 1.82) is 0 Å². The first-order chi connectivity index (χ1) is 16.8. The second kappa shape index (κ2) is 8.09. The van der Waals surface area contributed by atoms with Crippen LogP contribution in [-0.2, 0) is 0 Å². The number of phenols is 1. The number of nitrogens with zero attached hydrogens (tertiary/aromatic N) is 4. The summed E-state index contributed by atoms with van der Waals surface area (Å²) in [5.74, 6) is 2.19. The number of phenolic OH excluding ortho intramolecular Hbond substituents is 1. The van der Waals surface area contributed by atoms with Gasteiger partial charge in [0.25, 0.3) is 0 Å². The van der Waals surface area contributed by atoms with Gasteiger partial charge in [0.05, 0.1) is 13.7 Å². The predicted octanol–water partition coefficient (Wildman–Crippen LogP) is 4.18. The van der Waals surface area contributed by atoms with Gasteiger partial charge in [-0.1, -0.05) is 6.07 Å². The van der Waals surface area contributed by atoms with Crippen LogP contribution in [0, 0.1) is 0 Å². The Morgan fingerprint density at radius 3 is 2.57 bits per heavy atom. The SMILES string of the molecule is COc1cc(-c2ccc(-c3cc4c(nn3)N(C3C[C@]5(C)CC[C@](C)(C3)N5)CCO4)c(O)c2)ccn1. The Labute approximate surface area is 205 Å². The van der Waals surface area contributed by atoms with E-state index in [1.807, 2.05) is 30.3 Å². The van der Waals surface area contributed by atoms with Gasteiger partial charge in [-0.2, -0.15) is 0 Å². The van der Waals surface area contributed by atoms with Crippen molar-refractivity contribution >= 4 is 5.82 Å². The number of piperidine rings is 1. The average Bonchev–Trinajstić information content (AvgIpc) is 3.09. The van der Waals surface area contributed by atoms with Crippen molar-refractivity contribution in [1.82, 2.24) is 20.5 Å². The van der Waals surface area contributed by atoms with Crippen LogP contribution < -0.4 is 19.7 Å². The van der Waals surface area contributed by atoms with Gasteiger partial charge in [0.15, 0.2) is 11.6 Å². The molecule has 2 aromatic heterocycles. The number of aromatic hydroxyl groups is 1. The van der Waals surface area contributed by atoms with Crippen LogP contribution in [0.4, 0.5) is 5.82 Å². The normalized spacial score (nSPS) is 27.3. The summed E-state index contributed by atoms with van der Waals surface area (Å²) in [6.07, 6.45) is 6.29. The molecule has 182 valence electrons. The maximum Gasteiger partial charge on any atom is 0.213 e. The molecule has 0 amide bonds. The Morgan fingerprint density at radius 1 is 1.06 bits per heavy atom. The molecule has 8 nitrogen and oxygen atoms in total. The number of ether oxygens (including phenoxy) is 2. The summed E-state index contributed by atoms with van der Waals surface area (Å²) in [6, 6.07) is 11.6. The minimum Gasteiger partial charge on any atom is -0.507 e. The second-order valence-electron chi connectivity index (χ2n) is 10.6. The number of benzene rings is 1. The highest BCUT2D eigenvalue weighted by Crippen LogP contribution is 2.46. The zero-order valence-electron chi connectivity index (χ0n) is 20.4. The Balaban J connectivity index is 1.29. The summed E-state index contributed by atoms with van der Waals surface area (Å²) in [4.78, 5) is 6.53. The maximum absolute atomic E-state index is 10.8. The molecule has 1 aromatic carbocycles. The van der Waals surface area contributed by atoms with Gasteiger partial charge in [0, 0.05) is 41.0 Å². The van der Waals surface area contributed by atoms with Crippen LogP contribution in [0.25, 0.3) is 22.4 Å². The first kappa shape index (κ1) is 22.1. The number of pyridine rings is 1. The molecule has 0 aliphatic carbocycles. The van der Waals surface area contributed by atoms with Crippen molar-refractivity contribution in [3.8, 4) is 39.8 Å². The zero-order valence-corrected chi connectivity index (χ0v) is 20.4. The van der Waals surface area contributed by atoms with Crippen LogP contribution in [0.1, 0.15) is 39.5 Å². The van der Waals surface area contributed by atoms with Crippen LogP contribution in [0.3, 0.4) is 0 Å². The molecule has 2 bridgehead atoms. The molecule has 3 aliphatic rings. The lowest BCUT2D eigenvalue weighted by molar-refractivity contribution is 0.194. The van der Waals surface area contributed by atoms with Crippen molar-refractivity contribution in [3.05, 3.63) is 42.6 Å². The first-order valence-corrected chi connectivity index (χ1v) is 12.3. The molecule has 0 saturated carbocycles. The van der Waals surface area contributed by atoms with E-state index in [0.29, 0.717) is 29.8 Å². The topological polar surface area (TPSA) is 92.6 Å². The fourth-order valence-electron chi connectivity index (χ4n) is 6.19. The van der Waals surface area contributed by atoms with Gasteiger partial charge in [0.1, 0.15) is 18.1 Å². The van der Waals surface area contributed by atoms with E-state index in [4.69, 9.17) is 9.47 Å². The van der Waals surface area contributed by atoms with E-state index in [-0.39, 0.29) is 16.8 Å². The number of anilines is 1. The van der Waals surface area contributed by atoms with Crippen LogP contribution in [-0.4, -0.2) is 57.7 Å². The number of nitrogens with one attached hydrogen (secondary N) is 1. The Morgan fingerprint density at radius 2 is 1.83 bits per heavy atom. The number of aromatic nitrogens is 3. The van der Waals surface area contributed by atoms with Gasteiger partial charge in [-0.3, -0.25) is 0 Å². The van der Waals surface area contributed by atoms with Gasteiger partial charge < -0.3 is 24.8 Å². The molecule has 2 saturated heterocycles. The highest BCUT2D eigenvalue weighted by molar-refractivity contribution is 5.75. The summed E-state index contributed by atoms with van der Waals surface area (Å²) in [6.45, 7) is 6.11. The lowest BCUT2D eigenvalue weighted by atomic mass is 9.84. The Hall–Kier alpha value is -3.39. The molecule has 8 heteroatoms. The van der Waals surface area contributed by atoms with E-state index in [2.05, 4.69) is 39.2 Å². The molecular weight excluding hydrogens is 442 g/mol. The maximum atomic E-state index is 10.8. The van der Waals surface area contributed by atoms with Crippen molar-refractivity contribution < 1.29 is 14.6 Å². The average molecular weight is 474 g/mol. The second-order valence-corrected chi connectivity index (χ2v) is 10.6. The number of methoxy groups -OCH3 is 1. The van der Waals surface area contributed by atoms with Gasteiger partial charge in [-0.25, -0.2) is 4.98 Å². The van der Waals surface area contributed by atoms with Crippen molar-refractivity contribution in [2.75, 3.05) is 25.2 Å². The summed E-state index contributed by atoms with van der Waals surface area (Å²) in [5, 5.41) is 23.8. The zero-order chi connectivity index (χ0) is 24.2. The summed E-state index contributed by atoms with van der Waals surface area (Å²) >= 11 is 0. The highest BCUT2D eigenvalue weighted by Gasteiger charge is 2.50. The lowest BCUT2D eigenvalue weighted by Crippen LogP contribution is -2.59. The fraction of sp³-hybridized carbons (Fsp3) is 0.444. The minimum atomic E-state index is 0.135. The highest BCUT2D eigenvalue weighted by atomic mass is 16.5. The quantitative estimate of drug-likeness (QED) is 0.583. The third-order valence-electron chi connectivity index (χ3n) is 7.80. The van der Waals surface area contributed by atoms with Crippen molar-refractivity contribution in [2.45, 2.75) is 56.7 Å². The van der Waals surface area contributed by atoms with Crippen molar-refractivity contribution in [2.24, 2.45) is 0 Å². The van der Waals surface area contributed by atoms with Crippen LogP contribution >= 0.6 is 0 Å². The van der Waals surface area contributed by atoms with E-state index in [0.717, 1.165) is 42.1 Å². The number of fused-ring (bicyclic) bond motifs is 3. The molecule has 2 fully saturated rings. The summed E-state index contributed by atoms with van der Waals surface area (Å²) < 4.78 is 11.2. The van der Waals surface area contributed by atoms with Gasteiger partial charge >= 0.3 is 0 Å². The fourth-order valence-corrected chi connectivity index (χ4v) is 6.19. The first-order valence-electron chi connectivity index (χ1n) is 12.3. The largest absolute Gasteiger partial charge is 0.507 e. The molecule has 3 aromatic rings. The van der Waals surface area contributed by atoms with Crippen LogP contribution in [0.5, 0.6) is 17.4 Å². The molecule has 6 rings (SSSR count). The number of hydrogen-bond acceptors (Lipinski definition) is 8. The number of rotatable bonds is 4. The molecule has 2 N–H and O–H groups in total. The van der Waals surface area contributed by atoms with Crippen LogP contribution in [0.2, 0.25) is 0 Å². The molecule has 35 heavy (non-hydrogen) atoms. The molecule has 0 spiro atoms. The molecule has 5 heterocycles. The molecule has 3 aliphatic heterocycles. The Bertz CT molecular complexity index is 1270. The third-order valence-corrected chi connectivity index (χ3v) is 7.80. The van der Waals surface area contributed by atoms with E-state index in [9.17, 15) is 5.11 Å². The lowest BCUT2D eigenvalue weighted by Gasteiger charge is -2.47. The van der Waals surface area contributed by atoms with E-state index in [1.54, 1.807) is 19.4 Å². The standard InChI is InChI=1S/C27H31N5O3/c1-26-7-8-27(2,31-26)16-19(15-26)32-10-11-35-23-14-21(29-30-25(23)32)20-5-4-17(12-22(20)33)18-6-9-28-24(13-18)34-3/h4-6,9,12-14,19,31,33H,7-8,10-11,15-16H2,1-3H3/t19?,26-,27+. The van der Waals surface area contributed by atoms with E-state index in [1.165, 1.54) is 12.8 Å². The summed E-state index contributed by atoms with van der Waals surface area (Å²) in [7, 11) is 1.58.